The van der Waals surface area contributed by atoms with Crippen LogP contribution in [0.2, 0.25) is 0 Å². The van der Waals surface area contributed by atoms with Crippen molar-refractivity contribution >= 4 is 15.9 Å². The van der Waals surface area contributed by atoms with Crippen LogP contribution < -0.4 is 5.32 Å². The Morgan fingerprint density at radius 2 is 1.97 bits per heavy atom. The Balaban J connectivity index is 1.51. The maximum atomic E-state index is 13.1. The standard InChI is InChI=1S/C22H27FN2O3S/c1-17-5-2-6-18(15-17)7-3-13-24-22(26)19-8-4-14-25(16-19)29(27,28)21-11-9-20(23)10-12-21/h2,5-6,9-12,15,19H,3-4,7-8,13-14,16H2,1H3,(H,24,26)/t19-/m0/s1. The number of amides is 1. The number of hydrogen-bond acceptors (Lipinski definition) is 3. The second-order valence-corrected chi connectivity index (χ2v) is 9.48. The molecule has 0 unspecified atom stereocenters. The summed E-state index contributed by atoms with van der Waals surface area (Å²) in [4.78, 5) is 12.6. The van der Waals surface area contributed by atoms with E-state index in [2.05, 4.69) is 30.4 Å². The highest BCUT2D eigenvalue weighted by Gasteiger charge is 2.33. The Morgan fingerprint density at radius 3 is 2.69 bits per heavy atom. The highest BCUT2D eigenvalue weighted by Crippen LogP contribution is 2.24. The number of hydrogen-bond donors (Lipinski definition) is 1. The Labute approximate surface area is 172 Å². The number of rotatable bonds is 7. The minimum Gasteiger partial charge on any atom is -0.356 e. The number of nitrogens with one attached hydrogen (secondary N) is 1. The highest BCUT2D eigenvalue weighted by molar-refractivity contribution is 7.89. The number of sulfonamides is 1. The molecule has 1 saturated heterocycles. The third-order valence-corrected chi connectivity index (χ3v) is 7.11. The summed E-state index contributed by atoms with van der Waals surface area (Å²) < 4.78 is 40.0. The van der Waals surface area contributed by atoms with Gasteiger partial charge in [-0.05, 0) is 62.4 Å². The molecule has 2 aromatic rings. The second-order valence-electron chi connectivity index (χ2n) is 7.54. The van der Waals surface area contributed by atoms with Crippen LogP contribution >= 0.6 is 0 Å². The normalized spacial score (nSPS) is 17.8. The van der Waals surface area contributed by atoms with Crippen molar-refractivity contribution in [2.24, 2.45) is 5.92 Å². The molecular weight excluding hydrogens is 391 g/mol. The van der Waals surface area contributed by atoms with Crippen LogP contribution in [-0.4, -0.2) is 38.3 Å². The van der Waals surface area contributed by atoms with Crippen molar-refractivity contribution in [2.75, 3.05) is 19.6 Å². The monoisotopic (exact) mass is 418 g/mol. The summed E-state index contributed by atoms with van der Waals surface area (Å²) in [6.07, 6.45) is 3.01. The van der Waals surface area contributed by atoms with Crippen molar-refractivity contribution in [3.05, 3.63) is 65.5 Å². The van der Waals surface area contributed by atoms with Gasteiger partial charge < -0.3 is 5.32 Å². The summed E-state index contributed by atoms with van der Waals surface area (Å²) in [6.45, 7) is 3.15. The molecule has 0 bridgehead atoms. The molecule has 0 saturated carbocycles. The SMILES string of the molecule is Cc1cccc(CCCNC(=O)[C@H]2CCCN(S(=O)(=O)c3ccc(F)cc3)C2)c1. The minimum absolute atomic E-state index is 0.0538. The van der Waals surface area contributed by atoms with Gasteiger partial charge in [0.1, 0.15) is 5.82 Å². The van der Waals surface area contributed by atoms with Gasteiger partial charge in [0.15, 0.2) is 0 Å². The van der Waals surface area contributed by atoms with Crippen LogP contribution in [0.3, 0.4) is 0 Å². The molecular formula is C22H27FN2O3S. The quantitative estimate of drug-likeness (QED) is 0.702. The van der Waals surface area contributed by atoms with E-state index in [0.29, 0.717) is 25.9 Å². The smallest absolute Gasteiger partial charge is 0.243 e. The van der Waals surface area contributed by atoms with E-state index < -0.39 is 15.8 Å². The summed E-state index contributed by atoms with van der Waals surface area (Å²) in [5, 5.41) is 2.95. The fourth-order valence-corrected chi connectivity index (χ4v) is 5.17. The summed E-state index contributed by atoms with van der Waals surface area (Å²) in [7, 11) is -3.72. The Kier molecular flexibility index (Phi) is 7.03. The maximum absolute atomic E-state index is 13.1. The Morgan fingerprint density at radius 1 is 1.21 bits per heavy atom. The Bertz CT molecular complexity index is 945. The molecule has 1 aliphatic rings. The van der Waals surface area contributed by atoms with Crippen LogP contribution in [0, 0.1) is 18.7 Å². The van der Waals surface area contributed by atoms with Crippen molar-refractivity contribution < 1.29 is 17.6 Å². The third kappa shape index (κ3) is 5.64. The molecule has 1 N–H and O–H groups in total. The lowest BCUT2D eigenvalue weighted by atomic mass is 9.98. The van der Waals surface area contributed by atoms with Crippen molar-refractivity contribution in [2.45, 2.75) is 37.5 Å². The van der Waals surface area contributed by atoms with Crippen molar-refractivity contribution in [3.63, 3.8) is 0 Å². The van der Waals surface area contributed by atoms with Crippen LogP contribution in [0.5, 0.6) is 0 Å². The molecule has 5 nitrogen and oxygen atoms in total. The van der Waals surface area contributed by atoms with Gasteiger partial charge in [-0.15, -0.1) is 0 Å². The van der Waals surface area contributed by atoms with Gasteiger partial charge in [-0.1, -0.05) is 29.8 Å². The predicted octanol–water partition coefficient (Wildman–Crippen LogP) is 3.28. The third-order valence-electron chi connectivity index (χ3n) is 5.23. The average Bonchev–Trinajstić information content (AvgIpc) is 2.71. The minimum atomic E-state index is -3.72. The van der Waals surface area contributed by atoms with Gasteiger partial charge in [0.25, 0.3) is 0 Å². The first kappa shape index (κ1) is 21.5. The van der Waals surface area contributed by atoms with E-state index in [1.807, 2.05) is 6.07 Å². The number of halogens is 1. The summed E-state index contributed by atoms with van der Waals surface area (Å²) >= 11 is 0. The van der Waals surface area contributed by atoms with E-state index in [9.17, 15) is 17.6 Å². The summed E-state index contributed by atoms with van der Waals surface area (Å²) in [5.74, 6) is -0.947. The molecule has 1 amide bonds. The molecule has 7 heteroatoms. The fourth-order valence-electron chi connectivity index (χ4n) is 3.65. The zero-order chi connectivity index (χ0) is 20.9. The molecule has 0 aliphatic carbocycles. The molecule has 0 aromatic heterocycles. The van der Waals surface area contributed by atoms with E-state index in [4.69, 9.17) is 0 Å². The molecule has 0 spiro atoms. The summed E-state index contributed by atoms with van der Waals surface area (Å²) in [6, 6.07) is 13.1. The molecule has 2 aromatic carbocycles. The number of nitrogens with zero attached hydrogens (tertiary/aromatic N) is 1. The van der Waals surface area contributed by atoms with Crippen LogP contribution in [0.15, 0.2) is 53.4 Å². The predicted molar refractivity (Wildman–Crippen MR) is 110 cm³/mol. The zero-order valence-corrected chi connectivity index (χ0v) is 17.4. The molecule has 3 rings (SSSR count). The van der Waals surface area contributed by atoms with Gasteiger partial charge in [-0.3, -0.25) is 4.79 Å². The first-order valence-corrected chi connectivity index (χ1v) is 11.4. The van der Waals surface area contributed by atoms with E-state index in [-0.39, 0.29) is 23.3 Å². The largest absolute Gasteiger partial charge is 0.356 e. The molecule has 1 heterocycles. The number of carbonyl (C=O) groups excluding carboxylic acids is 1. The van der Waals surface area contributed by atoms with Crippen molar-refractivity contribution in [3.8, 4) is 0 Å². The molecule has 1 aliphatic heterocycles. The number of benzene rings is 2. The number of aryl methyl sites for hydroxylation is 2. The maximum Gasteiger partial charge on any atom is 0.243 e. The first-order valence-electron chi connectivity index (χ1n) is 9.95. The highest BCUT2D eigenvalue weighted by atomic mass is 32.2. The fraction of sp³-hybridized carbons (Fsp3) is 0.409. The second kappa shape index (κ2) is 9.50. The van der Waals surface area contributed by atoms with Gasteiger partial charge in [0.05, 0.1) is 10.8 Å². The molecule has 29 heavy (non-hydrogen) atoms. The van der Waals surface area contributed by atoms with E-state index in [0.717, 1.165) is 25.0 Å². The van der Waals surface area contributed by atoms with Gasteiger partial charge in [0.2, 0.25) is 15.9 Å². The Hall–Kier alpha value is -2.25. The molecule has 1 atom stereocenters. The lowest BCUT2D eigenvalue weighted by Crippen LogP contribution is -2.45. The number of piperidine rings is 1. The van der Waals surface area contributed by atoms with Gasteiger partial charge >= 0.3 is 0 Å². The van der Waals surface area contributed by atoms with Gasteiger partial charge in [-0.25, -0.2) is 12.8 Å². The lowest BCUT2D eigenvalue weighted by Gasteiger charge is -2.31. The summed E-state index contributed by atoms with van der Waals surface area (Å²) in [5.41, 5.74) is 2.46. The average molecular weight is 419 g/mol. The molecule has 156 valence electrons. The lowest BCUT2D eigenvalue weighted by molar-refractivity contribution is -0.126. The van der Waals surface area contributed by atoms with Crippen molar-refractivity contribution in [1.29, 1.82) is 0 Å². The van der Waals surface area contributed by atoms with Gasteiger partial charge in [0, 0.05) is 19.6 Å². The topological polar surface area (TPSA) is 66.5 Å². The van der Waals surface area contributed by atoms with E-state index in [1.54, 1.807) is 0 Å². The van der Waals surface area contributed by atoms with Gasteiger partial charge in [-0.2, -0.15) is 4.31 Å². The van der Waals surface area contributed by atoms with E-state index in [1.165, 1.54) is 27.6 Å². The first-order chi connectivity index (χ1) is 13.9. The van der Waals surface area contributed by atoms with Crippen molar-refractivity contribution in [1.82, 2.24) is 9.62 Å². The number of carbonyl (C=O) groups is 1. The van der Waals surface area contributed by atoms with Crippen LogP contribution in [0.1, 0.15) is 30.4 Å². The van der Waals surface area contributed by atoms with Crippen LogP contribution in [0.4, 0.5) is 4.39 Å². The van der Waals surface area contributed by atoms with Crippen LogP contribution in [0.25, 0.3) is 0 Å². The molecule has 1 fully saturated rings. The molecule has 0 radical (unpaired) electrons. The zero-order valence-electron chi connectivity index (χ0n) is 16.6. The van der Waals surface area contributed by atoms with E-state index >= 15 is 0 Å². The van der Waals surface area contributed by atoms with Crippen LogP contribution in [-0.2, 0) is 21.2 Å².